The highest BCUT2D eigenvalue weighted by atomic mass is 16.5. The third-order valence-electron chi connectivity index (χ3n) is 4.66. The zero-order valence-corrected chi connectivity index (χ0v) is 15.1. The van der Waals surface area contributed by atoms with Crippen molar-refractivity contribution in [2.45, 2.75) is 25.8 Å². The first-order chi connectivity index (χ1) is 13.2. The first-order valence-corrected chi connectivity index (χ1v) is 9.13. The van der Waals surface area contributed by atoms with Crippen LogP contribution < -0.4 is 10.2 Å². The molecule has 0 radical (unpaired) electrons. The van der Waals surface area contributed by atoms with Crippen molar-refractivity contribution >= 4 is 11.9 Å². The molecule has 1 fully saturated rings. The predicted molar refractivity (Wildman–Crippen MR) is 101 cm³/mol. The Hall–Kier alpha value is -3.22. The molecule has 1 amide bonds. The SMILES string of the molecule is CCc1cc(C(=O)NC2CCN(c3nccc(-c4ccccc4)n3)C2)no1. The lowest BCUT2D eigenvalue weighted by Crippen LogP contribution is -2.37. The van der Waals surface area contributed by atoms with Gasteiger partial charge in [0.15, 0.2) is 5.69 Å². The van der Waals surface area contributed by atoms with E-state index in [1.54, 1.807) is 12.3 Å². The molecule has 4 rings (SSSR count). The third kappa shape index (κ3) is 3.81. The molecule has 0 bridgehead atoms. The largest absolute Gasteiger partial charge is 0.361 e. The summed E-state index contributed by atoms with van der Waals surface area (Å²) in [5.41, 5.74) is 2.28. The predicted octanol–water partition coefficient (Wildman–Crippen LogP) is 2.70. The molecule has 0 spiro atoms. The zero-order chi connectivity index (χ0) is 18.6. The summed E-state index contributed by atoms with van der Waals surface area (Å²) in [4.78, 5) is 23.5. The van der Waals surface area contributed by atoms with Gasteiger partial charge in [-0.3, -0.25) is 4.79 Å². The summed E-state index contributed by atoms with van der Waals surface area (Å²) < 4.78 is 5.10. The molecule has 1 saturated heterocycles. The average Bonchev–Trinajstić information content (AvgIpc) is 3.38. The molecular weight excluding hydrogens is 342 g/mol. The molecule has 1 aliphatic heterocycles. The number of hydrogen-bond acceptors (Lipinski definition) is 6. The molecule has 7 nitrogen and oxygen atoms in total. The number of benzene rings is 1. The summed E-state index contributed by atoms with van der Waals surface area (Å²) >= 11 is 0. The number of nitrogens with zero attached hydrogens (tertiary/aromatic N) is 4. The second-order valence-corrected chi connectivity index (χ2v) is 6.55. The van der Waals surface area contributed by atoms with Crippen molar-refractivity contribution in [3.8, 4) is 11.3 Å². The highest BCUT2D eigenvalue weighted by Crippen LogP contribution is 2.21. The van der Waals surface area contributed by atoms with Gasteiger partial charge in [0.2, 0.25) is 5.95 Å². The van der Waals surface area contributed by atoms with Crippen LogP contribution in [0, 0.1) is 0 Å². The van der Waals surface area contributed by atoms with E-state index in [4.69, 9.17) is 4.52 Å². The molecular formula is C20H21N5O2. The maximum absolute atomic E-state index is 12.3. The van der Waals surface area contributed by atoms with E-state index in [0.717, 1.165) is 24.2 Å². The summed E-state index contributed by atoms with van der Waals surface area (Å²) in [6, 6.07) is 13.7. The van der Waals surface area contributed by atoms with Gasteiger partial charge in [-0.1, -0.05) is 42.4 Å². The first kappa shape index (κ1) is 17.2. The fourth-order valence-electron chi connectivity index (χ4n) is 3.18. The number of aromatic nitrogens is 3. The second-order valence-electron chi connectivity index (χ2n) is 6.55. The lowest BCUT2D eigenvalue weighted by molar-refractivity contribution is 0.0931. The van der Waals surface area contributed by atoms with Crippen molar-refractivity contribution in [2.75, 3.05) is 18.0 Å². The normalized spacial score (nSPS) is 16.5. The molecule has 0 aliphatic carbocycles. The second kappa shape index (κ2) is 7.57. The number of nitrogens with one attached hydrogen (secondary N) is 1. The van der Waals surface area contributed by atoms with Gasteiger partial charge in [0.05, 0.1) is 5.69 Å². The standard InChI is InChI=1S/C20H21N5O2/c1-2-16-12-18(24-27-16)19(26)22-15-9-11-25(13-15)20-21-10-8-17(23-20)14-6-4-3-5-7-14/h3-8,10,12,15H,2,9,11,13H2,1H3,(H,22,26). The summed E-state index contributed by atoms with van der Waals surface area (Å²) in [5, 5.41) is 6.85. The average molecular weight is 363 g/mol. The van der Waals surface area contributed by atoms with Crippen LogP contribution in [0.1, 0.15) is 29.6 Å². The Kier molecular flexibility index (Phi) is 4.82. The number of hydrogen-bond donors (Lipinski definition) is 1. The summed E-state index contributed by atoms with van der Waals surface area (Å²) in [5.74, 6) is 1.19. The topological polar surface area (TPSA) is 84.2 Å². The van der Waals surface area contributed by atoms with Crippen molar-refractivity contribution in [3.05, 3.63) is 60.1 Å². The fourth-order valence-corrected chi connectivity index (χ4v) is 3.18. The van der Waals surface area contributed by atoms with Gasteiger partial charge in [-0.2, -0.15) is 0 Å². The molecule has 3 aromatic rings. The molecule has 7 heteroatoms. The molecule has 1 unspecified atom stereocenters. The number of carbonyl (C=O) groups is 1. The van der Waals surface area contributed by atoms with E-state index in [1.165, 1.54) is 0 Å². The maximum Gasteiger partial charge on any atom is 0.273 e. The van der Waals surface area contributed by atoms with Crippen LogP contribution in [0.4, 0.5) is 5.95 Å². The van der Waals surface area contributed by atoms with Crippen LogP contribution in [0.2, 0.25) is 0 Å². The number of rotatable bonds is 5. The van der Waals surface area contributed by atoms with Crippen LogP contribution in [-0.4, -0.2) is 40.2 Å². The lowest BCUT2D eigenvalue weighted by Gasteiger charge is -2.17. The zero-order valence-electron chi connectivity index (χ0n) is 15.1. The summed E-state index contributed by atoms with van der Waals surface area (Å²) in [6.45, 7) is 3.42. The molecule has 3 heterocycles. The minimum absolute atomic E-state index is 0.0308. The quantitative estimate of drug-likeness (QED) is 0.750. The van der Waals surface area contributed by atoms with E-state index >= 15 is 0 Å². The maximum atomic E-state index is 12.3. The van der Waals surface area contributed by atoms with Gasteiger partial charge in [-0.15, -0.1) is 0 Å². The minimum Gasteiger partial charge on any atom is -0.361 e. The van der Waals surface area contributed by atoms with Gasteiger partial charge in [-0.25, -0.2) is 9.97 Å². The van der Waals surface area contributed by atoms with Gasteiger partial charge in [0.1, 0.15) is 5.76 Å². The summed E-state index contributed by atoms with van der Waals surface area (Å²) in [7, 11) is 0. The van der Waals surface area contributed by atoms with Gasteiger partial charge in [-0.05, 0) is 12.5 Å². The van der Waals surface area contributed by atoms with Crippen molar-refractivity contribution in [1.29, 1.82) is 0 Å². The monoisotopic (exact) mass is 363 g/mol. The number of carbonyl (C=O) groups excluding carboxylic acids is 1. The Morgan fingerprint density at radius 1 is 1.30 bits per heavy atom. The Balaban J connectivity index is 1.41. The Morgan fingerprint density at radius 3 is 2.93 bits per heavy atom. The molecule has 138 valence electrons. The van der Waals surface area contributed by atoms with E-state index < -0.39 is 0 Å². The smallest absolute Gasteiger partial charge is 0.273 e. The van der Waals surface area contributed by atoms with Gasteiger partial charge in [0, 0.05) is 43.4 Å². The number of aryl methyl sites for hydroxylation is 1. The molecule has 1 aliphatic rings. The number of anilines is 1. The van der Waals surface area contributed by atoms with E-state index in [0.29, 0.717) is 30.4 Å². The fraction of sp³-hybridized carbons (Fsp3) is 0.300. The molecule has 2 aromatic heterocycles. The summed E-state index contributed by atoms with van der Waals surface area (Å²) in [6.07, 6.45) is 3.33. The van der Waals surface area contributed by atoms with Crippen LogP contribution in [0.3, 0.4) is 0 Å². The number of amides is 1. The first-order valence-electron chi connectivity index (χ1n) is 9.13. The van der Waals surface area contributed by atoms with Gasteiger partial charge >= 0.3 is 0 Å². The Bertz CT molecular complexity index is 925. The van der Waals surface area contributed by atoms with E-state index in [-0.39, 0.29) is 11.9 Å². The van der Waals surface area contributed by atoms with E-state index in [1.807, 2.05) is 43.3 Å². The molecule has 27 heavy (non-hydrogen) atoms. The third-order valence-corrected chi connectivity index (χ3v) is 4.66. The van der Waals surface area contributed by atoms with E-state index in [2.05, 4.69) is 25.3 Å². The molecule has 1 atom stereocenters. The molecule has 1 aromatic carbocycles. The van der Waals surface area contributed by atoms with Crippen LogP contribution >= 0.6 is 0 Å². The Morgan fingerprint density at radius 2 is 2.15 bits per heavy atom. The van der Waals surface area contributed by atoms with Crippen molar-refractivity contribution in [3.63, 3.8) is 0 Å². The highest BCUT2D eigenvalue weighted by molar-refractivity contribution is 5.92. The lowest BCUT2D eigenvalue weighted by atomic mass is 10.1. The van der Waals surface area contributed by atoms with Crippen LogP contribution in [0.5, 0.6) is 0 Å². The van der Waals surface area contributed by atoms with Crippen molar-refractivity contribution in [1.82, 2.24) is 20.4 Å². The highest BCUT2D eigenvalue weighted by Gasteiger charge is 2.27. The Labute approximate surface area is 157 Å². The van der Waals surface area contributed by atoms with Crippen molar-refractivity contribution < 1.29 is 9.32 Å². The molecule has 0 saturated carbocycles. The molecule has 1 N–H and O–H groups in total. The van der Waals surface area contributed by atoms with Gasteiger partial charge < -0.3 is 14.7 Å². The van der Waals surface area contributed by atoms with E-state index in [9.17, 15) is 4.79 Å². The van der Waals surface area contributed by atoms with Crippen molar-refractivity contribution in [2.24, 2.45) is 0 Å². The minimum atomic E-state index is -0.204. The van der Waals surface area contributed by atoms with Gasteiger partial charge in [0.25, 0.3) is 5.91 Å². The van der Waals surface area contributed by atoms with Crippen LogP contribution in [0.15, 0.2) is 53.2 Å². The van der Waals surface area contributed by atoms with Crippen LogP contribution in [0.25, 0.3) is 11.3 Å². The van der Waals surface area contributed by atoms with Crippen LogP contribution in [-0.2, 0) is 6.42 Å².